The van der Waals surface area contributed by atoms with Crippen molar-refractivity contribution < 1.29 is 39.9 Å². The fourth-order valence-electron chi connectivity index (χ4n) is 0. The minimum atomic E-state index is -5.86. The summed E-state index contributed by atoms with van der Waals surface area (Å²) in [6.45, 7) is 1.08. The van der Waals surface area contributed by atoms with Gasteiger partial charge in [-0.1, -0.05) is 0 Å². The second kappa shape index (κ2) is 4.38. The maximum atomic E-state index is 9.00. The maximum absolute atomic E-state index is 9.00. The van der Waals surface area contributed by atoms with Gasteiger partial charge in [0.15, 0.2) is 0 Å². The number of carboxylic acids is 1. The van der Waals surface area contributed by atoms with Gasteiger partial charge in [-0.25, -0.2) is 0 Å². The molecule has 0 aliphatic carbocycles. The number of carbonyl (C=O) groups is 1. The molecule has 0 aromatic heterocycles. The number of hydrogen-bond acceptors (Lipinski definition) is 4. The van der Waals surface area contributed by atoms with Crippen LogP contribution in [0.1, 0.15) is 6.92 Å². The van der Waals surface area contributed by atoms with E-state index in [2.05, 4.69) is 0 Å². The van der Waals surface area contributed by atoms with Crippen molar-refractivity contribution in [3.63, 3.8) is 0 Å². The summed E-state index contributed by atoms with van der Waals surface area (Å²) in [6.07, 6.45) is 0. The van der Waals surface area contributed by atoms with Crippen LogP contribution in [0, 0.1) is 0 Å². The third-order valence-corrected chi connectivity index (χ3v) is 0. The standard InChI is InChI=1S/C2H4O2.H2O.3O.Re/c1-2(3)4;;;;;/h1H3,(H,3,4);1H2;;;;/q;;;;;+1/p-1. The molecule has 0 unspecified atom stereocenters. The first kappa shape index (κ1) is 11.3. The summed E-state index contributed by atoms with van der Waals surface area (Å²) in [7, 11) is 0. The molecule has 2 N–H and O–H groups in total. The van der Waals surface area contributed by atoms with Crippen LogP contribution in [0.3, 0.4) is 0 Å². The zero-order chi connectivity index (χ0) is 8.08. The van der Waals surface area contributed by atoms with Crippen LogP contribution in [0.2, 0.25) is 0 Å². The molecule has 0 spiro atoms. The molecule has 0 aliphatic rings. The summed E-state index contributed by atoms with van der Waals surface area (Å²) >= 11 is -5.86. The van der Waals surface area contributed by atoms with Gasteiger partial charge in [0.2, 0.25) is 0 Å². The number of hydrogen-bond donors (Lipinski definition) is 2. The van der Waals surface area contributed by atoms with Gasteiger partial charge in [0.1, 0.15) is 0 Å². The topological polar surface area (TPSA) is 109 Å². The Labute approximate surface area is 53.5 Å². The first-order valence-electron chi connectivity index (χ1n) is 1.56. The van der Waals surface area contributed by atoms with Gasteiger partial charge < -0.3 is 5.11 Å². The quantitative estimate of drug-likeness (QED) is 0.605. The van der Waals surface area contributed by atoms with E-state index in [0.717, 1.165) is 6.92 Å². The van der Waals surface area contributed by atoms with Crippen LogP contribution in [0.25, 0.3) is 0 Å². The number of carboxylic acid groups (broad SMARTS) is 1. The second-order valence-corrected chi connectivity index (χ2v) is 3.76. The molecular weight excluding hydrogens is 306 g/mol. The monoisotopic (exact) mass is 312 g/mol. The van der Waals surface area contributed by atoms with E-state index in [1.54, 1.807) is 0 Å². The molecule has 6 nitrogen and oxygen atoms in total. The molecule has 0 fully saturated rings. The molecule has 0 aromatic rings. The van der Waals surface area contributed by atoms with Gasteiger partial charge in [-0.15, -0.1) is 0 Å². The molecule has 9 heavy (non-hydrogen) atoms. The van der Waals surface area contributed by atoms with Gasteiger partial charge in [-0.2, -0.15) is 0 Å². The zero-order valence-electron chi connectivity index (χ0n) is 4.41. The fourth-order valence-corrected chi connectivity index (χ4v) is 0. The van der Waals surface area contributed by atoms with Crippen molar-refractivity contribution in [2.75, 3.05) is 0 Å². The SMILES string of the molecule is CC(=O)O.[O]=[Re](=[O])(=[O])[OH]. The third kappa shape index (κ3) is 877. The third-order valence-electron chi connectivity index (χ3n) is 0. The summed E-state index contributed by atoms with van der Waals surface area (Å²) in [5.74, 6) is -0.833. The average molecular weight is 311 g/mol. The molecule has 0 saturated carbocycles. The second-order valence-electron chi connectivity index (χ2n) is 0.915. The first-order valence-corrected chi connectivity index (χ1v) is 6.10. The molecule has 0 aliphatic heterocycles. The molecular formula is C2H5O6Re. The average Bonchev–Trinajstić information content (AvgIpc) is 1.19. The summed E-state index contributed by atoms with van der Waals surface area (Å²) in [4.78, 5) is 9.00. The van der Waals surface area contributed by atoms with Crippen LogP contribution >= 0.6 is 0 Å². The molecule has 0 rings (SSSR count). The molecule has 0 radical (unpaired) electrons. The van der Waals surface area contributed by atoms with Crippen molar-refractivity contribution in [2.45, 2.75) is 6.92 Å². The molecule has 0 aromatic carbocycles. The number of rotatable bonds is 0. The van der Waals surface area contributed by atoms with Gasteiger partial charge in [0.05, 0.1) is 0 Å². The molecule has 0 bridgehead atoms. The predicted octanol–water partition coefficient (Wildman–Crippen LogP) is -0.825. The summed E-state index contributed by atoms with van der Waals surface area (Å²) in [6, 6.07) is 0. The Bertz CT molecular complexity index is 196. The van der Waals surface area contributed by atoms with E-state index >= 15 is 0 Å². The van der Waals surface area contributed by atoms with E-state index in [0.29, 0.717) is 0 Å². The van der Waals surface area contributed by atoms with Crippen LogP contribution < -0.4 is 0 Å². The summed E-state index contributed by atoms with van der Waals surface area (Å²) < 4.78 is 33.3. The van der Waals surface area contributed by atoms with Crippen molar-refractivity contribution in [1.29, 1.82) is 0 Å². The van der Waals surface area contributed by atoms with E-state index in [-0.39, 0.29) is 0 Å². The Balaban J connectivity index is 0. The van der Waals surface area contributed by atoms with Crippen molar-refractivity contribution in [1.82, 2.24) is 0 Å². The summed E-state index contributed by atoms with van der Waals surface area (Å²) in [5.41, 5.74) is 0. The van der Waals surface area contributed by atoms with Crippen molar-refractivity contribution in [3.05, 3.63) is 0 Å². The Morgan fingerprint density at radius 2 is 1.33 bits per heavy atom. The zero-order valence-corrected chi connectivity index (χ0v) is 7.12. The van der Waals surface area contributed by atoms with Crippen LogP contribution in [0.4, 0.5) is 0 Å². The van der Waals surface area contributed by atoms with Crippen molar-refractivity contribution in [3.8, 4) is 0 Å². The van der Waals surface area contributed by atoms with E-state index in [1.807, 2.05) is 0 Å². The fraction of sp³-hybridized carbons (Fsp3) is 0.500. The van der Waals surface area contributed by atoms with E-state index < -0.39 is 21.8 Å². The van der Waals surface area contributed by atoms with Gasteiger partial charge in [0, 0.05) is 6.92 Å². The van der Waals surface area contributed by atoms with Crippen molar-refractivity contribution >= 4 is 5.97 Å². The van der Waals surface area contributed by atoms with Crippen LogP contribution in [-0.2, 0) is 31.0 Å². The number of aliphatic carboxylic acids is 1. The molecule has 7 heteroatoms. The van der Waals surface area contributed by atoms with Crippen LogP contribution in [0.5, 0.6) is 0 Å². The normalized spacial score (nSPS) is 9.11. The molecule has 0 saturated heterocycles. The van der Waals surface area contributed by atoms with Crippen molar-refractivity contribution in [2.24, 2.45) is 0 Å². The van der Waals surface area contributed by atoms with E-state index in [1.165, 1.54) is 0 Å². The van der Waals surface area contributed by atoms with E-state index in [9.17, 15) is 0 Å². The Morgan fingerprint density at radius 1 is 1.33 bits per heavy atom. The first-order chi connectivity index (χ1) is 3.73. The van der Waals surface area contributed by atoms with Crippen LogP contribution in [-0.4, -0.2) is 14.9 Å². The minimum absolute atomic E-state index is 0.833. The Hall–Kier alpha value is -0.508. The molecule has 56 valence electrons. The molecule has 0 atom stereocenters. The Morgan fingerprint density at radius 3 is 1.33 bits per heavy atom. The molecule has 0 heterocycles. The van der Waals surface area contributed by atoms with E-state index in [4.69, 9.17) is 24.1 Å². The van der Waals surface area contributed by atoms with Gasteiger partial charge >= 0.3 is 30.0 Å². The van der Waals surface area contributed by atoms with Gasteiger partial charge in [-0.3, -0.25) is 4.79 Å². The Kier molecular flexibility index (Phi) is 5.50. The summed E-state index contributed by atoms with van der Waals surface area (Å²) in [5, 5.41) is 7.42. The molecule has 0 amide bonds. The van der Waals surface area contributed by atoms with Crippen LogP contribution in [0.15, 0.2) is 0 Å². The van der Waals surface area contributed by atoms with Gasteiger partial charge in [-0.05, 0) is 0 Å². The van der Waals surface area contributed by atoms with Gasteiger partial charge in [0.25, 0.3) is 5.97 Å². The predicted molar refractivity (Wildman–Crippen MR) is 17.6 cm³/mol.